The highest BCUT2D eigenvalue weighted by molar-refractivity contribution is 5.70. The second-order valence-corrected chi connectivity index (χ2v) is 7.55. The number of nitrogens with one attached hydrogen (secondary N) is 1. The number of hydrogen-bond acceptors (Lipinski definition) is 6. The summed E-state index contributed by atoms with van der Waals surface area (Å²) in [6, 6.07) is 27.8. The van der Waals surface area contributed by atoms with E-state index in [4.69, 9.17) is 4.74 Å². The fourth-order valence-corrected chi connectivity index (χ4v) is 3.58. The summed E-state index contributed by atoms with van der Waals surface area (Å²) in [4.78, 5) is 6.76. The Hall–Kier alpha value is -4.59. The minimum absolute atomic E-state index is 0.293. The molecule has 8 heteroatoms. The Balaban J connectivity index is 1.37. The summed E-state index contributed by atoms with van der Waals surface area (Å²) >= 11 is 0. The topological polar surface area (TPSA) is 79.8 Å². The molecule has 0 saturated carbocycles. The largest absolute Gasteiger partial charge is 0.457 e. The van der Waals surface area contributed by atoms with E-state index in [2.05, 4.69) is 36.6 Å². The van der Waals surface area contributed by atoms with Crippen LogP contribution in [-0.4, -0.2) is 32.2 Å². The van der Waals surface area contributed by atoms with Crippen molar-refractivity contribution >= 4 is 11.5 Å². The molecule has 5 rings (SSSR count). The maximum atomic E-state index is 13.1. The quantitative estimate of drug-likeness (QED) is 0.331. The van der Waals surface area contributed by atoms with Gasteiger partial charge < -0.3 is 9.64 Å². The summed E-state index contributed by atoms with van der Waals surface area (Å²) in [5, 5.41) is 14.3. The third-order valence-corrected chi connectivity index (χ3v) is 5.28. The molecule has 1 N–H and O–H groups in total. The summed E-state index contributed by atoms with van der Waals surface area (Å²) < 4.78 is 18.9. The summed E-state index contributed by atoms with van der Waals surface area (Å²) in [6.45, 7) is 0.643. The number of nitrogens with zero attached hydrogens (tertiary/aromatic N) is 5. The van der Waals surface area contributed by atoms with E-state index in [1.54, 1.807) is 18.3 Å². The van der Waals surface area contributed by atoms with Gasteiger partial charge in [-0.1, -0.05) is 35.5 Å². The molecule has 0 unspecified atom stereocenters. The standard InChI is InChI=1S/C26H21FN6O/c27-21-8-12-24(13-9-21)34-23-10-6-19(7-11-23)20-14-16-28-26(18-20)33(22-4-2-1-3-5-22)17-15-25-29-31-32-30-25/h1-14,16,18H,15,17H2,(H,29,30,31,32). The smallest absolute Gasteiger partial charge is 0.176 e. The molecule has 0 spiro atoms. The van der Waals surface area contributed by atoms with Crippen LogP contribution in [0.1, 0.15) is 5.82 Å². The first-order valence-electron chi connectivity index (χ1n) is 10.8. The van der Waals surface area contributed by atoms with E-state index in [1.807, 2.05) is 60.7 Å². The molecule has 0 aliphatic carbocycles. The summed E-state index contributed by atoms with van der Waals surface area (Å²) in [5.74, 6) is 2.43. The number of hydrogen-bond donors (Lipinski definition) is 1. The fourth-order valence-electron chi connectivity index (χ4n) is 3.58. The SMILES string of the molecule is Fc1ccc(Oc2ccc(-c3ccnc(N(CCc4nn[nH]n4)c4ccccc4)c3)cc2)cc1. The van der Waals surface area contributed by atoms with Crippen LogP contribution in [0, 0.1) is 5.82 Å². The molecule has 7 nitrogen and oxygen atoms in total. The molecule has 5 aromatic rings. The number of rotatable bonds is 8. The van der Waals surface area contributed by atoms with Crippen molar-refractivity contribution in [2.75, 3.05) is 11.4 Å². The number of tetrazole rings is 1. The van der Waals surface area contributed by atoms with Gasteiger partial charge in [0.1, 0.15) is 23.1 Å². The lowest BCUT2D eigenvalue weighted by atomic mass is 10.1. The van der Waals surface area contributed by atoms with E-state index < -0.39 is 0 Å². The van der Waals surface area contributed by atoms with Crippen molar-refractivity contribution in [3.05, 3.63) is 109 Å². The van der Waals surface area contributed by atoms with E-state index >= 15 is 0 Å². The Labute approximate surface area is 195 Å². The van der Waals surface area contributed by atoms with Crippen molar-refractivity contribution in [3.8, 4) is 22.6 Å². The van der Waals surface area contributed by atoms with Crippen molar-refractivity contribution in [1.82, 2.24) is 25.6 Å². The first-order chi connectivity index (χ1) is 16.7. The molecular formula is C26H21FN6O. The average molecular weight is 452 g/mol. The van der Waals surface area contributed by atoms with Gasteiger partial charge in [0.2, 0.25) is 0 Å². The van der Waals surface area contributed by atoms with Crippen LogP contribution in [0.4, 0.5) is 15.9 Å². The molecule has 2 aromatic heterocycles. The van der Waals surface area contributed by atoms with E-state index in [0.29, 0.717) is 30.3 Å². The van der Waals surface area contributed by atoms with Crippen molar-refractivity contribution < 1.29 is 9.13 Å². The van der Waals surface area contributed by atoms with E-state index in [0.717, 1.165) is 22.6 Å². The second-order valence-electron chi connectivity index (χ2n) is 7.55. The molecule has 0 atom stereocenters. The minimum Gasteiger partial charge on any atom is -0.457 e. The number of para-hydroxylation sites is 1. The molecule has 0 saturated heterocycles. The minimum atomic E-state index is -0.293. The number of H-pyrrole nitrogens is 1. The molecule has 34 heavy (non-hydrogen) atoms. The lowest BCUT2D eigenvalue weighted by molar-refractivity contribution is 0.480. The van der Waals surface area contributed by atoms with Gasteiger partial charge in [-0.3, -0.25) is 0 Å². The van der Waals surface area contributed by atoms with E-state index in [1.165, 1.54) is 12.1 Å². The molecule has 168 valence electrons. The maximum absolute atomic E-state index is 13.1. The van der Waals surface area contributed by atoms with Crippen molar-refractivity contribution in [2.24, 2.45) is 0 Å². The van der Waals surface area contributed by atoms with Gasteiger partial charge in [-0.2, -0.15) is 5.21 Å². The molecule has 0 bridgehead atoms. The van der Waals surface area contributed by atoms with Gasteiger partial charge in [0, 0.05) is 24.8 Å². The highest BCUT2D eigenvalue weighted by Gasteiger charge is 2.13. The van der Waals surface area contributed by atoms with Gasteiger partial charge >= 0.3 is 0 Å². The highest BCUT2D eigenvalue weighted by atomic mass is 19.1. The van der Waals surface area contributed by atoms with Gasteiger partial charge in [0.15, 0.2) is 5.82 Å². The molecular weight excluding hydrogens is 431 g/mol. The van der Waals surface area contributed by atoms with Crippen LogP contribution >= 0.6 is 0 Å². The highest BCUT2D eigenvalue weighted by Crippen LogP contribution is 2.30. The summed E-state index contributed by atoms with van der Waals surface area (Å²) in [7, 11) is 0. The number of pyridine rings is 1. The molecule has 0 radical (unpaired) electrons. The molecule has 0 aliphatic rings. The Bertz CT molecular complexity index is 1330. The zero-order valence-electron chi connectivity index (χ0n) is 18.2. The van der Waals surface area contributed by atoms with Crippen LogP contribution in [0.3, 0.4) is 0 Å². The third-order valence-electron chi connectivity index (χ3n) is 5.28. The van der Waals surface area contributed by atoms with Crippen molar-refractivity contribution in [3.63, 3.8) is 0 Å². The summed E-state index contributed by atoms with van der Waals surface area (Å²) in [6.07, 6.45) is 2.42. The van der Waals surface area contributed by atoms with Gasteiger partial charge in [-0.05, 0) is 71.8 Å². The van der Waals surface area contributed by atoms with Crippen molar-refractivity contribution in [1.29, 1.82) is 0 Å². The van der Waals surface area contributed by atoms with Gasteiger partial charge in [-0.15, -0.1) is 10.2 Å². The van der Waals surface area contributed by atoms with Gasteiger partial charge in [0.25, 0.3) is 0 Å². The Morgan fingerprint density at radius 3 is 2.26 bits per heavy atom. The predicted molar refractivity (Wildman–Crippen MR) is 127 cm³/mol. The number of benzene rings is 3. The molecule has 0 amide bonds. The molecule has 2 heterocycles. The Morgan fingerprint density at radius 2 is 1.56 bits per heavy atom. The number of aromatic amines is 1. The molecule has 0 fully saturated rings. The maximum Gasteiger partial charge on any atom is 0.176 e. The lowest BCUT2D eigenvalue weighted by Gasteiger charge is -2.24. The zero-order valence-corrected chi connectivity index (χ0v) is 18.2. The second kappa shape index (κ2) is 9.91. The Kier molecular flexibility index (Phi) is 6.20. The van der Waals surface area contributed by atoms with E-state index in [9.17, 15) is 4.39 Å². The summed E-state index contributed by atoms with van der Waals surface area (Å²) in [5.41, 5.74) is 3.08. The lowest BCUT2D eigenvalue weighted by Crippen LogP contribution is -2.21. The van der Waals surface area contributed by atoms with Crippen LogP contribution in [0.2, 0.25) is 0 Å². The number of aromatic nitrogens is 5. The van der Waals surface area contributed by atoms with Crippen LogP contribution in [0.5, 0.6) is 11.5 Å². The van der Waals surface area contributed by atoms with Crippen LogP contribution in [-0.2, 0) is 6.42 Å². The van der Waals surface area contributed by atoms with Crippen molar-refractivity contribution in [2.45, 2.75) is 6.42 Å². The van der Waals surface area contributed by atoms with Crippen LogP contribution < -0.4 is 9.64 Å². The number of anilines is 2. The van der Waals surface area contributed by atoms with E-state index in [-0.39, 0.29) is 5.82 Å². The van der Waals surface area contributed by atoms with Crippen LogP contribution in [0.25, 0.3) is 11.1 Å². The van der Waals surface area contributed by atoms with Crippen LogP contribution in [0.15, 0.2) is 97.2 Å². The first-order valence-corrected chi connectivity index (χ1v) is 10.8. The zero-order chi connectivity index (χ0) is 23.2. The molecule has 0 aliphatic heterocycles. The monoisotopic (exact) mass is 452 g/mol. The third kappa shape index (κ3) is 5.07. The fraction of sp³-hybridized carbons (Fsp3) is 0.0769. The average Bonchev–Trinajstić information content (AvgIpc) is 3.41. The number of halogens is 1. The first kappa shape index (κ1) is 21.3. The van der Waals surface area contributed by atoms with Gasteiger partial charge in [-0.25, -0.2) is 9.37 Å². The number of ether oxygens (including phenoxy) is 1. The van der Waals surface area contributed by atoms with Gasteiger partial charge in [0.05, 0.1) is 0 Å². The Morgan fingerprint density at radius 1 is 0.824 bits per heavy atom. The normalized spacial score (nSPS) is 10.7. The predicted octanol–water partition coefficient (Wildman–Crippen LogP) is 5.57. The molecule has 3 aromatic carbocycles.